The zero-order chi connectivity index (χ0) is 18.6. The van der Waals surface area contributed by atoms with Crippen molar-refractivity contribution in [3.05, 3.63) is 53.9 Å². The number of aliphatic hydroxyl groups is 1. The number of sulfonamides is 1. The minimum absolute atomic E-state index is 0.0348. The van der Waals surface area contributed by atoms with E-state index >= 15 is 0 Å². The van der Waals surface area contributed by atoms with Crippen LogP contribution in [0, 0.1) is 6.92 Å². The maximum Gasteiger partial charge on any atom is 0.240 e. The van der Waals surface area contributed by atoms with Gasteiger partial charge >= 0.3 is 0 Å². The van der Waals surface area contributed by atoms with Crippen LogP contribution in [0.5, 0.6) is 0 Å². The third-order valence-electron chi connectivity index (χ3n) is 3.53. The third kappa shape index (κ3) is 4.28. The van der Waals surface area contributed by atoms with Crippen LogP contribution in [0.15, 0.2) is 47.4 Å². The molecule has 0 bridgehead atoms. The first-order chi connectivity index (χ1) is 12.5. The van der Waals surface area contributed by atoms with E-state index in [1.54, 1.807) is 12.1 Å². The van der Waals surface area contributed by atoms with Crippen molar-refractivity contribution in [3.8, 4) is 11.4 Å². The van der Waals surface area contributed by atoms with Gasteiger partial charge in [0.25, 0.3) is 0 Å². The molecule has 1 aromatic carbocycles. The highest BCUT2D eigenvalue weighted by atomic mass is 32.2. The van der Waals surface area contributed by atoms with Gasteiger partial charge in [-0.25, -0.2) is 13.1 Å². The van der Waals surface area contributed by atoms with Crippen molar-refractivity contribution in [2.45, 2.75) is 18.4 Å². The molecule has 10 heteroatoms. The number of aliphatic hydroxyl groups excluding tert-OH is 1. The van der Waals surface area contributed by atoms with Gasteiger partial charge in [0.2, 0.25) is 15.8 Å². The second-order valence-corrected chi connectivity index (χ2v) is 7.33. The van der Waals surface area contributed by atoms with Crippen molar-refractivity contribution >= 4 is 10.0 Å². The topological polar surface area (TPSA) is 123 Å². The summed E-state index contributed by atoms with van der Waals surface area (Å²) in [5.74, 6) is 0.393. The van der Waals surface area contributed by atoms with Gasteiger partial charge in [-0.15, -0.1) is 10.2 Å². The van der Waals surface area contributed by atoms with Crippen LogP contribution in [0.3, 0.4) is 0 Å². The van der Waals surface area contributed by atoms with E-state index in [1.807, 2.05) is 25.1 Å². The fourth-order valence-electron chi connectivity index (χ4n) is 2.30. The van der Waals surface area contributed by atoms with Crippen LogP contribution in [-0.4, -0.2) is 51.9 Å². The average Bonchev–Trinajstić information content (AvgIpc) is 3.09. The van der Waals surface area contributed by atoms with Crippen molar-refractivity contribution in [2.24, 2.45) is 0 Å². The van der Waals surface area contributed by atoms with Crippen molar-refractivity contribution in [1.29, 1.82) is 0 Å². The van der Waals surface area contributed by atoms with Crippen LogP contribution in [0.4, 0.5) is 0 Å². The minimum atomic E-state index is -3.64. The first-order valence-electron chi connectivity index (χ1n) is 7.89. The number of aryl methyl sites for hydroxylation is 1. The van der Waals surface area contributed by atoms with E-state index in [-0.39, 0.29) is 18.0 Å². The van der Waals surface area contributed by atoms with Gasteiger partial charge in [-0.1, -0.05) is 6.07 Å². The van der Waals surface area contributed by atoms with Crippen LogP contribution in [0.1, 0.15) is 11.4 Å². The van der Waals surface area contributed by atoms with Gasteiger partial charge < -0.3 is 5.11 Å². The van der Waals surface area contributed by atoms with E-state index < -0.39 is 10.0 Å². The van der Waals surface area contributed by atoms with E-state index in [1.165, 1.54) is 16.9 Å². The molecule has 2 N–H and O–H groups in total. The Hall–Kier alpha value is -2.69. The van der Waals surface area contributed by atoms with Gasteiger partial charge in [-0.3, -0.25) is 4.98 Å². The monoisotopic (exact) mass is 374 g/mol. The lowest BCUT2D eigenvalue weighted by molar-refractivity contribution is 0.301. The van der Waals surface area contributed by atoms with Gasteiger partial charge in [0.1, 0.15) is 6.54 Å². The molecule has 0 unspecified atom stereocenters. The molecule has 0 saturated carbocycles. The fourth-order valence-corrected chi connectivity index (χ4v) is 3.33. The van der Waals surface area contributed by atoms with Crippen LogP contribution in [0.2, 0.25) is 0 Å². The molecule has 0 atom stereocenters. The molecule has 0 saturated heterocycles. The molecule has 0 spiro atoms. The fraction of sp³-hybridized carbons (Fsp3) is 0.250. The summed E-state index contributed by atoms with van der Waals surface area (Å²) < 4.78 is 26.3. The zero-order valence-corrected chi connectivity index (χ0v) is 14.9. The molecule has 0 aliphatic heterocycles. The molecule has 3 aromatic rings. The molecule has 0 aliphatic rings. The van der Waals surface area contributed by atoms with Crippen LogP contribution in [0.25, 0.3) is 11.4 Å². The lowest BCUT2D eigenvalue weighted by atomic mass is 10.2. The lowest BCUT2D eigenvalue weighted by Gasteiger charge is -2.05. The Morgan fingerprint density at radius 1 is 1.15 bits per heavy atom. The Bertz CT molecular complexity index is 985. The second kappa shape index (κ2) is 7.68. The standard InChI is InChI=1S/C16H18N6O3S/c1-12-3-2-4-14(18-12)11-22-20-16(19-21-22)13-5-7-15(8-6-13)26(24,25)17-9-10-23/h2-8,17,23H,9-11H2,1H3. The summed E-state index contributed by atoms with van der Waals surface area (Å²) in [5, 5.41) is 21.0. The summed E-state index contributed by atoms with van der Waals surface area (Å²) in [6.45, 7) is 2.01. The molecule has 0 radical (unpaired) electrons. The van der Waals surface area contributed by atoms with E-state index in [0.717, 1.165) is 11.4 Å². The predicted octanol–water partition coefficient (Wildman–Crippen LogP) is 0.362. The highest BCUT2D eigenvalue weighted by Crippen LogP contribution is 2.17. The minimum Gasteiger partial charge on any atom is -0.395 e. The van der Waals surface area contributed by atoms with E-state index in [2.05, 4.69) is 25.1 Å². The molecule has 2 heterocycles. The number of benzene rings is 1. The van der Waals surface area contributed by atoms with Crippen LogP contribution < -0.4 is 4.72 Å². The molecule has 9 nitrogen and oxygen atoms in total. The zero-order valence-electron chi connectivity index (χ0n) is 14.1. The maximum absolute atomic E-state index is 12.0. The maximum atomic E-state index is 12.0. The normalized spacial score (nSPS) is 11.6. The summed E-state index contributed by atoms with van der Waals surface area (Å²) >= 11 is 0. The Kier molecular flexibility index (Phi) is 5.35. The SMILES string of the molecule is Cc1cccc(Cn2nnc(-c3ccc(S(=O)(=O)NCCO)cc3)n2)n1. The Morgan fingerprint density at radius 3 is 2.62 bits per heavy atom. The molecule has 3 rings (SSSR count). The number of aromatic nitrogens is 5. The van der Waals surface area contributed by atoms with Crippen LogP contribution >= 0.6 is 0 Å². The summed E-state index contributed by atoms with van der Waals surface area (Å²) in [4.78, 5) is 5.93. The Balaban J connectivity index is 1.75. The van der Waals surface area contributed by atoms with E-state index in [4.69, 9.17) is 5.11 Å². The van der Waals surface area contributed by atoms with Crippen molar-refractivity contribution < 1.29 is 13.5 Å². The number of nitrogens with one attached hydrogen (secondary N) is 1. The largest absolute Gasteiger partial charge is 0.395 e. The number of pyridine rings is 1. The average molecular weight is 374 g/mol. The Labute approximate surface area is 150 Å². The number of nitrogens with zero attached hydrogens (tertiary/aromatic N) is 5. The molecule has 26 heavy (non-hydrogen) atoms. The molecule has 136 valence electrons. The first kappa shape index (κ1) is 18.1. The van der Waals surface area contributed by atoms with Crippen molar-refractivity contribution in [2.75, 3.05) is 13.2 Å². The Morgan fingerprint density at radius 2 is 1.92 bits per heavy atom. The predicted molar refractivity (Wildman–Crippen MR) is 93.6 cm³/mol. The smallest absolute Gasteiger partial charge is 0.240 e. The summed E-state index contributed by atoms with van der Waals surface area (Å²) in [6.07, 6.45) is 0. The highest BCUT2D eigenvalue weighted by molar-refractivity contribution is 7.89. The molecule has 2 aromatic heterocycles. The second-order valence-electron chi connectivity index (χ2n) is 5.56. The van der Waals surface area contributed by atoms with Gasteiger partial charge in [0.15, 0.2) is 0 Å². The lowest BCUT2D eigenvalue weighted by Crippen LogP contribution is -2.26. The van der Waals surface area contributed by atoms with Crippen molar-refractivity contribution in [3.63, 3.8) is 0 Å². The quantitative estimate of drug-likeness (QED) is 0.612. The number of hydrogen-bond acceptors (Lipinski definition) is 7. The van der Waals surface area contributed by atoms with Crippen molar-refractivity contribution in [1.82, 2.24) is 29.9 Å². The molecular weight excluding hydrogens is 356 g/mol. The number of tetrazole rings is 1. The van der Waals surface area contributed by atoms with Gasteiger partial charge in [-0.05, 0) is 48.5 Å². The highest BCUT2D eigenvalue weighted by Gasteiger charge is 2.14. The first-order valence-corrected chi connectivity index (χ1v) is 9.37. The van der Waals surface area contributed by atoms with Gasteiger partial charge in [0, 0.05) is 17.8 Å². The summed E-state index contributed by atoms with van der Waals surface area (Å²) in [7, 11) is -3.64. The molecular formula is C16H18N6O3S. The van der Waals surface area contributed by atoms with Gasteiger partial charge in [-0.2, -0.15) is 4.80 Å². The third-order valence-corrected chi connectivity index (χ3v) is 5.01. The van der Waals surface area contributed by atoms with Gasteiger partial charge in [0.05, 0.1) is 17.2 Å². The molecule has 0 fully saturated rings. The van der Waals surface area contributed by atoms with Crippen LogP contribution in [-0.2, 0) is 16.6 Å². The number of hydrogen-bond donors (Lipinski definition) is 2. The van der Waals surface area contributed by atoms with E-state index in [9.17, 15) is 8.42 Å². The summed E-state index contributed by atoms with van der Waals surface area (Å²) in [5.41, 5.74) is 2.38. The number of rotatable bonds is 7. The molecule has 0 amide bonds. The van der Waals surface area contributed by atoms with E-state index in [0.29, 0.717) is 17.9 Å². The molecule has 0 aliphatic carbocycles. The summed E-state index contributed by atoms with van der Waals surface area (Å²) in [6, 6.07) is 11.8.